The van der Waals surface area contributed by atoms with Gasteiger partial charge in [0.05, 0.1) is 26.4 Å². The molecule has 4 aromatic carbocycles. The van der Waals surface area contributed by atoms with Crippen LogP contribution in [-0.4, -0.2) is 114 Å². The lowest BCUT2D eigenvalue weighted by Gasteiger charge is -2.49. The van der Waals surface area contributed by atoms with Crippen molar-refractivity contribution in [3.05, 3.63) is 154 Å². The molecular weight excluding hydrogens is 1000 g/mol. The molecule has 3 N–H and O–H groups in total. The van der Waals surface area contributed by atoms with Gasteiger partial charge in [-0.15, -0.1) is 23.1 Å². The highest BCUT2D eigenvalue weighted by Gasteiger charge is 2.54. The third-order valence-electron chi connectivity index (χ3n) is 10.4. The topological polar surface area (TPSA) is 189 Å². The number of hydrogen-bond donors (Lipinski definition) is 3. The molecule has 1 saturated heterocycles. The number of aliphatic carboxylic acids is 1. The number of aromatic nitrogens is 1. The fourth-order valence-electron chi connectivity index (χ4n) is 7.24. The number of β-lactam (4-membered cyclic amide) rings is 1. The van der Waals surface area contributed by atoms with Gasteiger partial charge in [-0.2, -0.15) is 0 Å². The van der Waals surface area contributed by atoms with Gasteiger partial charge < -0.3 is 49.0 Å². The van der Waals surface area contributed by atoms with Gasteiger partial charge in [0.25, 0.3) is 11.8 Å². The molecule has 0 unspecified atom stereocenters. The van der Waals surface area contributed by atoms with E-state index in [0.717, 1.165) is 16.7 Å². The average molecular weight is 1050 g/mol. The van der Waals surface area contributed by atoms with E-state index in [2.05, 4.69) is 38.4 Å². The Balaban J connectivity index is 1.19. The van der Waals surface area contributed by atoms with Crippen molar-refractivity contribution in [3.63, 3.8) is 0 Å². The zero-order chi connectivity index (χ0) is 46.3. The summed E-state index contributed by atoms with van der Waals surface area (Å²) < 4.78 is 33.2. The number of carboxylic acid groups (broad SMARTS) is 1. The van der Waals surface area contributed by atoms with Crippen molar-refractivity contribution in [1.82, 2.24) is 15.2 Å². The molecule has 7 rings (SSSR count). The summed E-state index contributed by atoms with van der Waals surface area (Å²) >= 11 is 4.74. The van der Waals surface area contributed by atoms with Gasteiger partial charge in [-0.25, -0.2) is 9.78 Å². The number of carbonyl (C=O) groups excluding carboxylic acids is 2. The number of rotatable bonds is 25. The molecule has 346 valence electrons. The minimum absolute atomic E-state index is 0.0465. The van der Waals surface area contributed by atoms with E-state index < -0.39 is 34.7 Å². The Labute approximate surface area is 403 Å². The minimum atomic E-state index is -1.19. The Hall–Kier alpha value is -5.55. The monoisotopic (exact) mass is 1050 g/mol. The van der Waals surface area contributed by atoms with Crippen molar-refractivity contribution in [1.29, 1.82) is 0 Å². The number of benzene rings is 4. The molecule has 66 heavy (non-hydrogen) atoms. The number of methoxy groups -OCH3 is 2. The molecule has 0 saturated carbocycles. The summed E-state index contributed by atoms with van der Waals surface area (Å²) in [6.07, 6.45) is 0. The van der Waals surface area contributed by atoms with E-state index in [1.807, 2.05) is 91.0 Å². The van der Waals surface area contributed by atoms with Gasteiger partial charge in [-0.1, -0.05) is 125 Å². The molecule has 5 aromatic rings. The highest BCUT2D eigenvalue weighted by atomic mass is 127. The number of nitrogens with zero attached hydrogens (tertiary/aromatic N) is 3. The first kappa shape index (κ1) is 48.4. The van der Waals surface area contributed by atoms with Crippen molar-refractivity contribution in [3.8, 4) is 11.5 Å². The molecule has 0 spiro atoms. The number of nitrogens with one attached hydrogen (secondary N) is 2. The number of thioether (sulfide) groups is 1. The third-order valence-corrected chi connectivity index (χ3v) is 13.4. The fourth-order valence-corrected chi connectivity index (χ4v) is 10.3. The molecule has 0 radical (unpaired) electrons. The van der Waals surface area contributed by atoms with Crippen LogP contribution in [0, 0.1) is 0 Å². The van der Waals surface area contributed by atoms with Crippen LogP contribution >= 0.6 is 45.7 Å². The van der Waals surface area contributed by atoms with Crippen LogP contribution in [0.25, 0.3) is 0 Å². The Morgan fingerprint density at radius 3 is 2.00 bits per heavy atom. The van der Waals surface area contributed by atoms with Gasteiger partial charge in [0.1, 0.15) is 35.0 Å². The van der Waals surface area contributed by atoms with E-state index >= 15 is 0 Å². The number of fused-ring (bicyclic) bond motifs is 1. The van der Waals surface area contributed by atoms with E-state index in [4.69, 9.17) is 38.2 Å². The molecule has 2 atom stereocenters. The molecule has 16 nitrogen and oxygen atoms in total. The minimum Gasteiger partial charge on any atom is -0.477 e. The van der Waals surface area contributed by atoms with Crippen molar-refractivity contribution < 1.29 is 52.7 Å². The number of carbonyl (C=O) groups is 3. The highest BCUT2D eigenvalue weighted by Crippen LogP contribution is 2.42. The number of oxime groups is 1. The second-order valence-corrected chi connectivity index (χ2v) is 17.3. The van der Waals surface area contributed by atoms with Crippen molar-refractivity contribution in [2.24, 2.45) is 5.16 Å². The van der Waals surface area contributed by atoms with Crippen LogP contribution < -0.4 is 20.1 Å². The average Bonchev–Trinajstić information content (AvgIpc) is 3.82. The normalized spacial score (nSPS) is 16.0. The lowest BCUT2D eigenvalue weighted by Crippen LogP contribution is -2.71. The first-order chi connectivity index (χ1) is 32.3. The quantitative estimate of drug-likeness (QED) is 0.00825. The van der Waals surface area contributed by atoms with Gasteiger partial charge >= 0.3 is 5.97 Å². The van der Waals surface area contributed by atoms with Crippen molar-refractivity contribution >= 4 is 74.3 Å². The summed E-state index contributed by atoms with van der Waals surface area (Å²) in [5, 5.41) is 22.4. The van der Waals surface area contributed by atoms with E-state index in [0.29, 0.717) is 64.4 Å². The zero-order valence-corrected chi connectivity index (χ0v) is 39.8. The summed E-state index contributed by atoms with van der Waals surface area (Å²) in [7, 11) is 3.15. The van der Waals surface area contributed by atoms with Crippen LogP contribution in [-0.2, 0) is 50.3 Å². The lowest BCUT2D eigenvalue weighted by atomic mass is 9.77. The molecule has 19 heteroatoms. The Bertz CT molecular complexity index is 2380. The van der Waals surface area contributed by atoms with Crippen LogP contribution in [0.4, 0.5) is 5.13 Å². The van der Waals surface area contributed by atoms with Crippen LogP contribution in [0.3, 0.4) is 0 Å². The maximum Gasteiger partial charge on any atom is 0.352 e. The Morgan fingerprint density at radius 2 is 1.44 bits per heavy atom. The van der Waals surface area contributed by atoms with Gasteiger partial charge in [0, 0.05) is 29.8 Å². The number of thiazole rings is 1. The lowest BCUT2D eigenvalue weighted by molar-refractivity contribution is -0.150. The van der Waals surface area contributed by atoms with Crippen LogP contribution in [0.1, 0.15) is 27.9 Å². The first-order valence-corrected chi connectivity index (χ1v) is 24.1. The Morgan fingerprint density at radius 1 is 0.848 bits per heavy atom. The van der Waals surface area contributed by atoms with Crippen LogP contribution in [0.15, 0.2) is 131 Å². The number of halogens is 1. The fraction of sp³-hybridized carbons (Fsp3) is 0.298. The molecule has 1 fully saturated rings. The summed E-state index contributed by atoms with van der Waals surface area (Å²) in [5.41, 5.74) is 3.12. The number of anilines is 1. The largest absolute Gasteiger partial charge is 0.477 e. The number of hydrogen-bond acceptors (Lipinski definition) is 15. The number of ether oxygens (including phenoxy) is 6. The van der Waals surface area contributed by atoms with Gasteiger partial charge in [0.2, 0.25) is 0 Å². The van der Waals surface area contributed by atoms with E-state index in [9.17, 15) is 19.5 Å². The predicted molar refractivity (Wildman–Crippen MR) is 258 cm³/mol. The molecule has 0 aliphatic carbocycles. The smallest absolute Gasteiger partial charge is 0.352 e. The molecule has 2 aliphatic rings. The number of amides is 2. The first-order valence-electron chi connectivity index (χ1n) is 20.7. The van der Waals surface area contributed by atoms with Gasteiger partial charge in [-0.05, 0) is 40.0 Å². The summed E-state index contributed by atoms with van der Waals surface area (Å²) in [6, 6.07) is 34.2. The Kier molecular flexibility index (Phi) is 17.4. The van der Waals surface area contributed by atoms with Gasteiger partial charge in [0.15, 0.2) is 35.9 Å². The molecule has 2 aliphatic heterocycles. The van der Waals surface area contributed by atoms with Crippen LogP contribution in [0.2, 0.25) is 0 Å². The van der Waals surface area contributed by atoms with Crippen LogP contribution in [0.5, 0.6) is 11.5 Å². The molecular formula is C47H48IN5O11S2. The van der Waals surface area contributed by atoms with E-state index in [1.165, 1.54) is 28.0 Å². The highest BCUT2D eigenvalue weighted by molar-refractivity contribution is 14.1. The van der Waals surface area contributed by atoms with Crippen molar-refractivity contribution in [2.45, 2.75) is 23.6 Å². The predicted octanol–water partition coefficient (Wildman–Crippen LogP) is 6.64. The zero-order valence-electron chi connectivity index (χ0n) is 36.1. The second kappa shape index (κ2) is 23.8. The molecule has 1 aromatic heterocycles. The second-order valence-electron chi connectivity index (χ2n) is 14.6. The summed E-state index contributed by atoms with van der Waals surface area (Å²) in [6.45, 7) is 1.19. The van der Waals surface area contributed by atoms with E-state index in [1.54, 1.807) is 37.8 Å². The number of alkyl halides is 1. The van der Waals surface area contributed by atoms with Gasteiger partial charge in [-0.3, -0.25) is 14.5 Å². The van der Waals surface area contributed by atoms with Crippen molar-refractivity contribution in [2.75, 3.05) is 69.7 Å². The maximum atomic E-state index is 14.4. The molecule has 3 heterocycles. The maximum absolute atomic E-state index is 14.4. The molecule has 2 amide bonds. The standard InChI is InChI=1S/C47H48IN5O11S2/c1-58-20-22-60-29-62-37-19-18-31(24-38(37)63-30-61-23-21-59-2)26-64-52-39(42(54)50-40-43(55)53-41(45(56)57)32(25-48)27-65-44(40)53)36-28-66-46(49-36)51-47(33-12-6-3-7-13-33,34-14-8-4-9-15-34)35-16-10-5-11-17-35/h3-19,24,28,40,44H,20-23,25-27,29-30H2,1-2H3,(H,49,51)(H,50,54)(H,56,57)/b52-39+/t40-,44-/m1/s1. The third kappa shape index (κ3) is 11.3. The SMILES string of the molecule is COCCOCOc1ccc(CO/N=C(/C(=O)N[C@@H]2C(=O)N3C(C(=O)O)=C(CI)CS[C@H]23)c2csc(NC(c3ccccc3)(c3ccccc3)c3ccccc3)n2)cc1OCOCCOC. The summed E-state index contributed by atoms with van der Waals surface area (Å²) in [4.78, 5) is 52.3. The van der Waals surface area contributed by atoms with E-state index in [-0.39, 0.29) is 37.3 Å². The summed E-state index contributed by atoms with van der Waals surface area (Å²) in [5.74, 6) is -1.33. The number of carboxylic acids is 1. The molecule has 0 bridgehead atoms.